The van der Waals surface area contributed by atoms with Crippen LogP contribution < -0.4 is 9.64 Å². The lowest BCUT2D eigenvalue weighted by molar-refractivity contribution is 0.200. The smallest absolute Gasteiger partial charge is 0.122 e. The first-order valence-corrected chi connectivity index (χ1v) is 7.24. The van der Waals surface area contributed by atoms with Gasteiger partial charge in [-0.2, -0.15) is 0 Å². The van der Waals surface area contributed by atoms with Crippen molar-refractivity contribution in [1.82, 2.24) is 0 Å². The number of benzene rings is 2. The van der Waals surface area contributed by atoms with Crippen LogP contribution in [-0.2, 0) is 0 Å². The van der Waals surface area contributed by atoms with E-state index in [2.05, 4.69) is 28.9 Å². The largest absolute Gasteiger partial charge is 0.491 e. The molecule has 0 bridgehead atoms. The van der Waals surface area contributed by atoms with Crippen molar-refractivity contribution in [3.63, 3.8) is 0 Å². The summed E-state index contributed by atoms with van der Waals surface area (Å²) in [5, 5.41) is 8.79. The van der Waals surface area contributed by atoms with Gasteiger partial charge in [0.1, 0.15) is 12.4 Å². The van der Waals surface area contributed by atoms with E-state index in [0.717, 1.165) is 28.1 Å². The van der Waals surface area contributed by atoms with Crippen LogP contribution in [0.2, 0.25) is 0 Å². The van der Waals surface area contributed by atoms with Crippen molar-refractivity contribution in [3.05, 3.63) is 59.2 Å². The number of ether oxygens (including phenoxy) is 1. The van der Waals surface area contributed by atoms with Gasteiger partial charge in [-0.25, -0.2) is 0 Å². The minimum atomic E-state index is 0.0178. The summed E-state index contributed by atoms with van der Waals surface area (Å²) in [6, 6.07) is 14.0. The first-order chi connectivity index (χ1) is 10.6. The number of aliphatic hydroxyl groups excluding tert-OH is 1. The van der Waals surface area contributed by atoms with E-state index in [1.165, 1.54) is 0 Å². The summed E-state index contributed by atoms with van der Waals surface area (Å²) in [5.41, 5.74) is 4.12. The maximum atomic E-state index is 8.79. The van der Waals surface area contributed by atoms with Crippen LogP contribution in [-0.4, -0.2) is 32.4 Å². The van der Waals surface area contributed by atoms with E-state index < -0.39 is 0 Å². The molecule has 0 spiro atoms. The second-order valence-corrected chi connectivity index (χ2v) is 5.24. The second kappa shape index (κ2) is 7.53. The first-order valence-electron chi connectivity index (χ1n) is 7.24. The van der Waals surface area contributed by atoms with E-state index in [4.69, 9.17) is 9.84 Å². The van der Waals surface area contributed by atoms with Gasteiger partial charge in [0.05, 0.1) is 6.61 Å². The van der Waals surface area contributed by atoms with Crippen LogP contribution >= 0.6 is 0 Å². The first kappa shape index (κ1) is 15.9. The molecule has 0 saturated carbocycles. The minimum absolute atomic E-state index is 0.0178. The Balaban J connectivity index is 2.12. The molecular weight excluding hydrogens is 274 g/mol. The molecule has 0 saturated heterocycles. The van der Waals surface area contributed by atoms with Crippen molar-refractivity contribution < 1.29 is 9.84 Å². The van der Waals surface area contributed by atoms with Crippen molar-refractivity contribution in [2.75, 3.05) is 32.2 Å². The summed E-state index contributed by atoms with van der Waals surface area (Å²) in [5.74, 6) is 7.12. The molecule has 0 aliphatic heterocycles. The summed E-state index contributed by atoms with van der Waals surface area (Å²) >= 11 is 0. The third-order valence-corrected chi connectivity index (χ3v) is 3.26. The van der Waals surface area contributed by atoms with E-state index in [1.54, 1.807) is 0 Å². The van der Waals surface area contributed by atoms with Gasteiger partial charge in [0.25, 0.3) is 0 Å². The quantitative estimate of drug-likeness (QED) is 0.880. The van der Waals surface area contributed by atoms with Crippen LogP contribution in [0.1, 0.15) is 16.7 Å². The van der Waals surface area contributed by atoms with Gasteiger partial charge in [-0.05, 0) is 55.0 Å². The minimum Gasteiger partial charge on any atom is -0.491 e. The molecule has 0 amide bonds. The average molecular weight is 295 g/mol. The van der Waals surface area contributed by atoms with E-state index in [1.807, 2.05) is 51.4 Å². The van der Waals surface area contributed by atoms with E-state index in [-0.39, 0.29) is 6.61 Å². The van der Waals surface area contributed by atoms with Crippen LogP contribution in [0.5, 0.6) is 5.75 Å². The van der Waals surface area contributed by atoms with Crippen LogP contribution in [0, 0.1) is 18.8 Å². The third kappa shape index (κ3) is 4.28. The molecule has 3 nitrogen and oxygen atoms in total. The van der Waals surface area contributed by atoms with Gasteiger partial charge in [-0.15, -0.1) is 0 Å². The number of hydrogen-bond acceptors (Lipinski definition) is 3. The SMILES string of the molecule is Cc1cc(C#Cc2ccc(N(C)C)cc2)ccc1OCCO. The van der Waals surface area contributed by atoms with Crippen molar-refractivity contribution in [2.45, 2.75) is 6.92 Å². The van der Waals surface area contributed by atoms with Gasteiger partial charge in [-0.1, -0.05) is 11.8 Å². The van der Waals surface area contributed by atoms with Crippen LogP contribution in [0.3, 0.4) is 0 Å². The molecule has 22 heavy (non-hydrogen) atoms. The van der Waals surface area contributed by atoms with Crippen molar-refractivity contribution in [3.8, 4) is 17.6 Å². The Bertz CT molecular complexity index is 679. The van der Waals surface area contributed by atoms with Crippen molar-refractivity contribution in [2.24, 2.45) is 0 Å². The number of hydrogen-bond donors (Lipinski definition) is 1. The van der Waals surface area contributed by atoms with Gasteiger partial charge in [0, 0.05) is 30.9 Å². The Labute approximate surface area is 132 Å². The number of rotatable bonds is 4. The van der Waals surface area contributed by atoms with Crippen molar-refractivity contribution in [1.29, 1.82) is 0 Å². The number of aliphatic hydroxyl groups is 1. The van der Waals surface area contributed by atoms with Crippen molar-refractivity contribution >= 4 is 5.69 Å². The Hall–Kier alpha value is -2.44. The monoisotopic (exact) mass is 295 g/mol. The van der Waals surface area contributed by atoms with Crippen LogP contribution in [0.15, 0.2) is 42.5 Å². The van der Waals surface area contributed by atoms with Gasteiger partial charge in [0.15, 0.2) is 0 Å². The molecule has 2 aromatic carbocycles. The third-order valence-electron chi connectivity index (χ3n) is 3.26. The van der Waals surface area contributed by atoms with Gasteiger partial charge in [0.2, 0.25) is 0 Å². The molecule has 0 atom stereocenters. The highest BCUT2D eigenvalue weighted by Crippen LogP contribution is 2.18. The molecule has 3 heteroatoms. The fourth-order valence-corrected chi connectivity index (χ4v) is 2.03. The topological polar surface area (TPSA) is 32.7 Å². The Morgan fingerprint density at radius 1 is 1.00 bits per heavy atom. The fraction of sp³-hybridized carbons (Fsp3) is 0.263. The summed E-state index contributed by atoms with van der Waals surface area (Å²) < 4.78 is 5.44. The maximum absolute atomic E-state index is 8.79. The van der Waals surface area contributed by atoms with E-state index >= 15 is 0 Å². The highest BCUT2D eigenvalue weighted by Gasteiger charge is 1.99. The predicted molar refractivity (Wildman–Crippen MR) is 90.5 cm³/mol. The molecule has 0 radical (unpaired) electrons. The molecule has 0 unspecified atom stereocenters. The highest BCUT2D eigenvalue weighted by atomic mass is 16.5. The second-order valence-electron chi connectivity index (χ2n) is 5.24. The zero-order chi connectivity index (χ0) is 15.9. The Kier molecular flexibility index (Phi) is 5.46. The standard InChI is InChI=1S/C19H21NO2/c1-15-14-17(8-11-19(15)22-13-12-21)5-4-16-6-9-18(10-7-16)20(2)3/h6-11,14,21H,12-13H2,1-3H3. The molecule has 0 fully saturated rings. The summed E-state index contributed by atoms with van der Waals surface area (Å²) in [7, 11) is 4.04. The zero-order valence-corrected chi connectivity index (χ0v) is 13.3. The van der Waals surface area contributed by atoms with E-state index in [0.29, 0.717) is 6.61 Å². The summed E-state index contributed by atoms with van der Waals surface area (Å²) in [4.78, 5) is 2.06. The number of nitrogens with zero attached hydrogens (tertiary/aromatic N) is 1. The molecule has 114 valence electrons. The molecule has 2 aromatic rings. The number of aryl methyl sites for hydroxylation is 1. The molecule has 0 aromatic heterocycles. The highest BCUT2D eigenvalue weighted by molar-refractivity contribution is 5.51. The Morgan fingerprint density at radius 3 is 2.23 bits per heavy atom. The van der Waals surface area contributed by atoms with Crippen LogP contribution in [0.4, 0.5) is 5.69 Å². The zero-order valence-electron chi connectivity index (χ0n) is 13.3. The lowest BCUT2D eigenvalue weighted by Crippen LogP contribution is -2.07. The lowest BCUT2D eigenvalue weighted by atomic mass is 10.1. The summed E-state index contributed by atoms with van der Waals surface area (Å²) in [6.45, 7) is 2.30. The van der Waals surface area contributed by atoms with Gasteiger partial charge < -0.3 is 14.7 Å². The molecule has 0 aliphatic carbocycles. The molecule has 2 rings (SSSR count). The Morgan fingerprint density at radius 2 is 1.64 bits per heavy atom. The van der Waals surface area contributed by atoms with E-state index in [9.17, 15) is 0 Å². The van der Waals surface area contributed by atoms with Gasteiger partial charge >= 0.3 is 0 Å². The van der Waals surface area contributed by atoms with Gasteiger partial charge in [-0.3, -0.25) is 0 Å². The normalized spacial score (nSPS) is 9.82. The molecule has 1 N–H and O–H groups in total. The number of anilines is 1. The fourth-order valence-electron chi connectivity index (χ4n) is 2.03. The maximum Gasteiger partial charge on any atom is 0.122 e. The predicted octanol–water partition coefficient (Wildman–Crippen LogP) is 2.83. The molecule has 0 heterocycles. The lowest BCUT2D eigenvalue weighted by Gasteiger charge is -2.11. The molecule has 0 aliphatic rings. The summed E-state index contributed by atoms with van der Waals surface area (Å²) in [6.07, 6.45) is 0. The average Bonchev–Trinajstić information content (AvgIpc) is 2.52. The molecular formula is C19H21NO2. The van der Waals surface area contributed by atoms with Crippen LogP contribution in [0.25, 0.3) is 0 Å².